The summed E-state index contributed by atoms with van der Waals surface area (Å²) in [5.41, 5.74) is 0. The Kier molecular flexibility index (Phi) is 4.40. The molecule has 0 aliphatic heterocycles. The summed E-state index contributed by atoms with van der Waals surface area (Å²) in [5.74, 6) is -1.11. The van der Waals surface area contributed by atoms with Gasteiger partial charge < -0.3 is 5.11 Å². The van der Waals surface area contributed by atoms with Crippen LogP contribution in [0.1, 0.15) is 0 Å². The van der Waals surface area contributed by atoms with E-state index in [4.69, 9.17) is 5.11 Å². The lowest BCUT2D eigenvalue weighted by molar-refractivity contribution is -0.131. The molecule has 5 nitrogen and oxygen atoms in total. The highest BCUT2D eigenvalue weighted by molar-refractivity contribution is 7.89. The average molecular weight is 305 g/mol. The van der Waals surface area contributed by atoms with Gasteiger partial charge in [-0.15, -0.1) is 0 Å². The number of rotatable bonds is 5. The van der Waals surface area contributed by atoms with E-state index in [1.807, 2.05) is 18.2 Å². The van der Waals surface area contributed by atoms with E-state index in [1.165, 1.54) is 13.1 Å². The Morgan fingerprint density at radius 3 is 2.57 bits per heavy atom. The molecule has 0 amide bonds. The molecule has 21 heavy (non-hydrogen) atoms. The first kappa shape index (κ1) is 15.2. The first-order chi connectivity index (χ1) is 9.93. The second-order valence-corrected chi connectivity index (χ2v) is 6.52. The van der Waals surface area contributed by atoms with Gasteiger partial charge in [0.1, 0.15) is 0 Å². The Morgan fingerprint density at radius 2 is 1.86 bits per heavy atom. The van der Waals surface area contributed by atoms with Crippen molar-refractivity contribution in [3.8, 4) is 0 Å². The number of nitrogens with zero attached hydrogens (tertiary/aromatic N) is 1. The molecule has 0 aliphatic carbocycles. The molecule has 110 valence electrons. The fraction of sp³-hybridized carbons (Fsp3) is 0.133. The highest BCUT2D eigenvalue weighted by Gasteiger charge is 2.21. The number of fused-ring (bicyclic) bond motifs is 1. The van der Waals surface area contributed by atoms with Crippen molar-refractivity contribution in [2.24, 2.45) is 0 Å². The topological polar surface area (TPSA) is 74.7 Å². The Hall–Kier alpha value is -2.18. The number of benzene rings is 2. The van der Waals surface area contributed by atoms with Crippen molar-refractivity contribution in [1.29, 1.82) is 0 Å². The smallest absolute Gasteiger partial charge is 0.328 e. The maximum absolute atomic E-state index is 12.6. The Balaban J connectivity index is 2.40. The summed E-state index contributed by atoms with van der Waals surface area (Å²) in [5, 5.41) is 10.0. The van der Waals surface area contributed by atoms with Crippen LogP contribution in [0.15, 0.2) is 59.5 Å². The maximum atomic E-state index is 12.6. The molecule has 0 atom stereocenters. The number of carboxylic acids is 1. The quantitative estimate of drug-likeness (QED) is 0.858. The predicted molar refractivity (Wildman–Crippen MR) is 80.5 cm³/mol. The lowest BCUT2D eigenvalue weighted by Gasteiger charge is -2.16. The molecule has 0 bridgehead atoms. The van der Waals surface area contributed by atoms with Gasteiger partial charge in [-0.2, -0.15) is 4.31 Å². The highest BCUT2D eigenvalue weighted by atomic mass is 32.2. The highest BCUT2D eigenvalue weighted by Crippen LogP contribution is 2.24. The number of sulfonamides is 1. The van der Waals surface area contributed by atoms with Crippen molar-refractivity contribution < 1.29 is 18.3 Å². The van der Waals surface area contributed by atoms with Gasteiger partial charge in [0.25, 0.3) is 0 Å². The van der Waals surface area contributed by atoms with Crippen LogP contribution in [0.25, 0.3) is 10.8 Å². The summed E-state index contributed by atoms with van der Waals surface area (Å²) in [6.07, 6.45) is 2.22. The van der Waals surface area contributed by atoms with E-state index in [0.29, 0.717) is 5.39 Å². The van der Waals surface area contributed by atoms with E-state index >= 15 is 0 Å². The van der Waals surface area contributed by atoms with E-state index in [1.54, 1.807) is 24.3 Å². The van der Waals surface area contributed by atoms with Crippen LogP contribution in [-0.2, 0) is 14.8 Å². The van der Waals surface area contributed by atoms with Crippen LogP contribution in [-0.4, -0.2) is 37.4 Å². The van der Waals surface area contributed by atoms with E-state index in [0.717, 1.165) is 15.8 Å². The second-order valence-electron chi connectivity index (χ2n) is 4.50. The molecule has 0 spiro atoms. The number of aliphatic carboxylic acids is 1. The summed E-state index contributed by atoms with van der Waals surface area (Å²) in [6.45, 7) is -0.00213. The molecule has 2 rings (SSSR count). The van der Waals surface area contributed by atoms with Gasteiger partial charge in [0, 0.05) is 25.1 Å². The van der Waals surface area contributed by atoms with Crippen molar-refractivity contribution in [2.45, 2.75) is 4.90 Å². The molecule has 0 saturated heterocycles. The number of carbonyl (C=O) groups is 1. The molecule has 2 aromatic carbocycles. The van der Waals surface area contributed by atoms with Gasteiger partial charge in [0.15, 0.2) is 0 Å². The molecule has 0 aliphatic rings. The van der Waals surface area contributed by atoms with Gasteiger partial charge in [-0.3, -0.25) is 0 Å². The van der Waals surface area contributed by atoms with Crippen molar-refractivity contribution in [2.75, 3.05) is 13.6 Å². The molecule has 0 unspecified atom stereocenters. The number of hydrogen-bond donors (Lipinski definition) is 1. The van der Waals surface area contributed by atoms with Crippen LogP contribution in [0.2, 0.25) is 0 Å². The van der Waals surface area contributed by atoms with Crippen molar-refractivity contribution in [1.82, 2.24) is 4.31 Å². The monoisotopic (exact) mass is 305 g/mol. The lowest BCUT2D eigenvalue weighted by atomic mass is 10.1. The molecular weight excluding hydrogens is 290 g/mol. The van der Waals surface area contributed by atoms with Gasteiger partial charge in [-0.05, 0) is 11.5 Å². The summed E-state index contributed by atoms with van der Waals surface area (Å²) in [7, 11) is -2.25. The minimum atomic E-state index is -3.67. The molecule has 0 heterocycles. The van der Waals surface area contributed by atoms with E-state index in [2.05, 4.69) is 0 Å². The number of hydrogen-bond acceptors (Lipinski definition) is 3. The van der Waals surface area contributed by atoms with Crippen LogP contribution >= 0.6 is 0 Å². The van der Waals surface area contributed by atoms with E-state index < -0.39 is 16.0 Å². The van der Waals surface area contributed by atoms with Gasteiger partial charge in [-0.25, -0.2) is 13.2 Å². The minimum absolute atomic E-state index is 0.00213. The fourth-order valence-corrected chi connectivity index (χ4v) is 3.32. The van der Waals surface area contributed by atoms with Crippen LogP contribution in [0.4, 0.5) is 0 Å². The van der Waals surface area contributed by atoms with Crippen molar-refractivity contribution in [3.05, 3.63) is 54.6 Å². The molecule has 1 N–H and O–H groups in total. The van der Waals surface area contributed by atoms with Gasteiger partial charge in [0.05, 0.1) is 4.90 Å². The summed E-state index contributed by atoms with van der Waals surface area (Å²) in [4.78, 5) is 10.6. The van der Waals surface area contributed by atoms with E-state index in [9.17, 15) is 13.2 Å². The van der Waals surface area contributed by atoms with Crippen LogP contribution < -0.4 is 0 Å². The van der Waals surface area contributed by atoms with Crippen LogP contribution in [0.3, 0.4) is 0 Å². The normalized spacial score (nSPS) is 12.3. The van der Waals surface area contributed by atoms with Crippen LogP contribution in [0, 0.1) is 0 Å². The Morgan fingerprint density at radius 1 is 1.19 bits per heavy atom. The number of likely N-dealkylation sites (N-methyl/N-ethyl adjacent to an activating group) is 1. The third kappa shape index (κ3) is 3.29. The molecule has 0 radical (unpaired) electrons. The van der Waals surface area contributed by atoms with Gasteiger partial charge >= 0.3 is 5.97 Å². The maximum Gasteiger partial charge on any atom is 0.328 e. The molecular formula is C15H15NO4S. The van der Waals surface area contributed by atoms with Gasteiger partial charge in [0.2, 0.25) is 10.0 Å². The first-order valence-electron chi connectivity index (χ1n) is 6.26. The second kappa shape index (κ2) is 6.07. The van der Waals surface area contributed by atoms with Crippen molar-refractivity contribution >= 4 is 26.8 Å². The summed E-state index contributed by atoms with van der Waals surface area (Å²) < 4.78 is 26.3. The minimum Gasteiger partial charge on any atom is -0.478 e. The Labute approximate surface area is 123 Å². The standard InChI is InChI=1S/C15H15NO4S/c1-16(11-5-10-15(17)18)21(19,20)14-9-4-7-12-6-2-3-8-13(12)14/h2-10H,11H2,1H3,(H,17,18). The third-order valence-corrected chi connectivity index (χ3v) is 4.94. The Bertz CT molecular complexity index is 791. The molecule has 2 aromatic rings. The third-order valence-electron chi connectivity index (χ3n) is 3.06. The van der Waals surface area contributed by atoms with Crippen LogP contribution in [0.5, 0.6) is 0 Å². The molecule has 6 heteroatoms. The van der Waals surface area contributed by atoms with E-state index in [-0.39, 0.29) is 11.4 Å². The largest absolute Gasteiger partial charge is 0.478 e. The molecule has 0 fully saturated rings. The SMILES string of the molecule is CN(CC=CC(=O)O)S(=O)(=O)c1cccc2ccccc12. The molecule has 0 saturated carbocycles. The first-order valence-corrected chi connectivity index (χ1v) is 7.70. The molecule has 0 aromatic heterocycles. The average Bonchev–Trinajstić information content (AvgIpc) is 2.46. The zero-order valence-electron chi connectivity index (χ0n) is 11.4. The lowest BCUT2D eigenvalue weighted by Crippen LogP contribution is -2.27. The zero-order chi connectivity index (χ0) is 15.5. The predicted octanol–water partition coefficient (Wildman–Crippen LogP) is 2.10. The summed E-state index contributed by atoms with van der Waals surface area (Å²) >= 11 is 0. The summed E-state index contributed by atoms with van der Waals surface area (Å²) in [6, 6.07) is 12.3. The number of carboxylic acid groups (broad SMARTS) is 1. The van der Waals surface area contributed by atoms with Crippen molar-refractivity contribution in [3.63, 3.8) is 0 Å². The van der Waals surface area contributed by atoms with Gasteiger partial charge in [-0.1, -0.05) is 42.5 Å². The fourth-order valence-electron chi connectivity index (χ4n) is 1.99. The zero-order valence-corrected chi connectivity index (χ0v) is 12.2.